The Morgan fingerprint density at radius 2 is 0.662 bits per heavy atom. The van der Waals surface area contributed by atoms with Crippen molar-refractivity contribution in [1.29, 1.82) is 0 Å². The fourth-order valence-corrected chi connectivity index (χ4v) is 10.0. The van der Waals surface area contributed by atoms with Crippen LogP contribution in [-0.4, -0.2) is 47.4 Å². The molecule has 0 rings (SSSR count). The maximum atomic E-state index is 12.5. The topological polar surface area (TPSA) is 95.9 Å². The van der Waals surface area contributed by atoms with Crippen LogP contribution in [0.5, 0.6) is 0 Å². The van der Waals surface area contributed by atoms with Crippen LogP contribution in [0.4, 0.5) is 0 Å². The molecular formula is C65H125NO5. The first-order valence-corrected chi connectivity index (χ1v) is 32.1. The van der Waals surface area contributed by atoms with Crippen molar-refractivity contribution in [3.05, 3.63) is 24.3 Å². The number of aliphatic hydroxyl groups is 2. The Balaban J connectivity index is 3.41. The average Bonchev–Trinajstić information content (AvgIpc) is 3.37. The Kier molecular flexibility index (Phi) is 59.5. The van der Waals surface area contributed by atoms with Gasteiger partial charge in [0.15, 0.2) is 0 Å². The van der Waals surface area contributed by atoms with Crippen molar-refractivity contribution in [3.8, 4) is 0 Å². The van der Waals surface area contributed by atoms with Gasteiger partial charge in [-0.1, -0.05) is 289 Å². The minimum absolute atomic E-state index is 0.00546. The second-order valence-electron chi connectivity index (χ2n) is 22.1. The van der Waals surface area contributed by atoms with Gasteiger partial charge in [0, 0.05) is 12.8 Å². The molecular weight excluding hydrogens is 875 g/mol. The maximum absolute atomic E-state index is 12.5. The highest BCUT2D eigenvalue weighted by Crippen LogP contribution is 2.18. The van der Waals surface area contributed by atoms with Crippen molar-refractivity contribution in [2.75, 3.05) is 13.2 Å². The van der Waals surface area contributed by atoms with Gasteiger partial charge in [0.2, 0.25) is 5.91 Å². The summed E-state index contributed by atoms with van der Waals surface area (Å²) in [7, 11) is 0. The van der Waals surface area contributed by atoms with Crippen LogP contribution in [0.15, 0.2) is 24.3 Å². The first-order valence-electron chi connectivity index (χ1n) is 32.1. The lowest BCUT2D eigenvalue weighted by Crippen LogP contribution is -2.45. The van der Waals surface area contributed by atoms with Gasteiger partial charge in [-0.25, -0.2) is 0 Å². The van der Waals surface area contributed by atoms with Crippen molar-refractivity contribution < 1.29 is 24.5 Å². The molecule has 0 heterocycles. The Hall–Kier alpha value is -1.66. The van der Waals surface area contributed by atoms with E-state index in [4.69, 9.17) is 4.74 Å². The lowest BCUT2D eigenvalue weighted by molar-refractivity contribution is -0.143. The summed E-state index contributed by atoms with van der Waals surface area (Å²) in [6.07, 6.45) is 74.7. The van der Waals surface area contributed by atoms with E-state index in [1.165, 1.54) is 276 Å². The summed E-state index contributed by atoms with van der Waals surface area (Å²) in [6.45, 7) is 4.96. The number of amides is 1. The number of nitrogens with one attached hydrogen (secondary N) is 1. The lowest BCUT2D eigenvalue weighted by Gasteiger charge is -2.22. The number of esters is 1. The van der Waals surface area contributed by atoms with Gasteiger partial charge < -0.3 is 20.3 Å². The molecule has 420 valence electrons. The van der Waals surface area contributed by atoms with Crippen LogP contribution < -0.4 is 5.32 Å². The summed E-state index contributed by atoms with van der Waals surface area (Å²) < 4.78 is 5.49. The molecule has 0 aromatic carbocycles. The number of hydrogen-bond acceptors (Lipinski definition) is 5. The fraction of sp³-hybridized carbons (Fsp3) is 0.908. The Labute approximate surface area is 443 Å². The molecule has 71 heavy (non-hydrogen) atoms. The maximum Gasteiger partial charge on any atom is 0.305 e. The second kappa shape index (κ2) is 60.9. The molecule has 2 unspecified atom stereocenters. The summed E-state index contributed by atoms with van der Waals surface area (Å²) in [6, 6.07) is -0.547. The van der Waals surface area contributed by atoms with Crippen molar-refractivity contribution in [1.82, 2.24) is 5.32 Å². The summed E-state index contributed by atoms with van der Waals surface area (Å²) in [4.78, 5) is 24.6. The van der Waals surface area contributed by atoms with Gasteiger partial charge in [0.1, 0.15) is 0 Å². The number of allylic oxidation sites excluding steroid dienone is 4. The molecule has 0 radical (unpaired) electrons. The third kappa shape index (κ3) is 57.5. The van der Waals surface area contributed by atoms with Crippen LogP contribution in [0.3, 0.4) is 0 Å². The average molecular weight is 1000 g/mol. The van der Waals surface area contributed by atoms with E-state index < -0.39 is 12.1 Å². The van der Waals surface area contributed by atoms with Crippen LogP contribution in [-0.2, 0) is 14.3 Å². The molecule has 0 aromatic heterocycles. The van der Waals surface area contributed by atoms with Crippen molar-refractivity contribution >= 4 is 11.9 Å². The first kappa shape index (κ1) is 69.3. The highest BCUT2D eigenvalue weighted by Gasteiger charge is 2.20. The van der Waals surface area contributed by atoms with E-state index in [9.17, 15) is 19.8 Å². The molecule has 0 aliphatic rings. The normalized spacial score (nSPS) is 12.7. The molecule has 0 aliphatic heterocycles. The molecule has 6 nitrogen and oxygen atoms in total. The van der Waals surface area contributed by atoms with E-state index in [0.29, 0.717) is 25.9 Å². The lowest BCUT2D eigenvalue weighted by atomic mass is 10.0. The SMILES string of the molecule is CCCCCCCC/C=C\CCCCCCCCCC(=O)OCCCCCCCCCCCC/C=C\CCCCCCCCCC(=O)NC(CO)C(O)CCCCCCCCCCCCCCCCCC. The zero-order valence-electron chi connectivity index (χ0n) is 48.0. The fourth-order valence-electron chi connectivity index (χ4n) is 10.0. The van der Waals surface area contributed by atoms with Gasteiger partial charge in [0.05, 0.1) is 25.4 Å². The number of unbranched alkanes of at least 4 members (excludes halogenated alkanes) is 45. The van der Waals surface area contributed by atoms with Gasteiger partial charge in [-0.15, -0.1) is 0 Å². The smallest absolute Gasteiger partial charge is 0.305 e. The number of carbonyl (C=O) groups excluding carboxylic acids is 2. The Morgan fingerprint density at radius 3 is 1.00 bits per heavy atom. The van der Waals surface area contributed by atoms with E-state index >= 15 is 0 Å². The number of rotatable bonds is 60. The predicted molar refractivity (Wildman–Crippen MR) is 310 cm³/mol. The van der Waals surface area contributed by atoms with Crippen LogP contribution in [0.25, 0.3) is 0 Å². The molecule has 0 fully saturated rings. The van der Waals surface area contributed by atoms with Gasteiger partial charge in [0.25, 0.3) is 0 Å². The van der Waals surface area contributed by atoms with Crippen LogP contribution in [0.2, 0.25) is 0 Å². The molecule has 0 spiro atoms. The quantitative estimate of drug-likeness (QED) is 0.0320. The third-order valence-electron chi connectivity index (χ3n) is 15.0. The summed E-state index contributed by atoms with van der Waals surface area (Å²) in [5.41, 5.74) is 0. The summed E-state index contributed by atoms with van der Waals surface area (Å²) >= 11 is 0. The van der Waals surface area contributed by atoms with E-state index in [-0.39, 0.29) is 18.5 Å². The van der Waals surface area contributed by atoms with Crippen LogP contribution in [0, 0.1) is 0 Å². The second-order valence-corrected chi connectivity index (χ2v) is 22.1. The minimum Gasteiger partial charge on any atom is -0.466 e. The summed E-state index contributed by atoms with van der Waals surface area (Å²) in [5.74, 6) is -0.0350. The van der Waals surface area contributed by atoms with Gasteiger partial charge in [-0.2, -0.15) is 0 Å². The van der Waals surface area contributed by atoms with Crippen molar-refractivity contribution in [2.24, 2.45) is 0 Å². The predicted octanol–water partition coefficient (Wildman–Crippen LogP) is 20.2. The molecule has 3 N–H and O–H groups in total. The highest BCUT2D eigenvalue weighted by molar-refractivity contribution is 5.76. The van der Waals surface area contributed by atoms with Crippen molar-refractivity contribution in [2.45, 2.75) is 366 Å². The Bertz CT molecular complexity index is 1110. The minimum atomic E-state index is -0.669. The van der Waals surface area contributed by atoms with Crippen molar-refractivity contribution in [3.63, 3.8) is 0 Å². The van der Waals surface area contributed by atoms with Gasteiger partial charge >= 0.3 is 5.97 Å². The van der Waals surface area contributed by atoms with Crippen LogP contribution >= 0.6 is 0 Å². The first-order chi connectivity index (χ1) is 35.0. The zero-order chi connectivity index (χ0) is 51.4. The molecule has 0 bridgehead atoms. The molecule has 2 atom stereocenters. The zero-order valence-corrected chi connectivity index (χ0v) is 48.0. The van der Waals surface area contributed by atoms with E-state index in [0.717, 1.165) is 44.9 Å². The largest absolute Gasteiger partial charge is 0.466 e. The number of ether oxygens (including phenoxy) is 1. The molecule has 0 saturated carbocycles. The van der Waals surface area contributed by atoms with E-state index in [2.05, 4.69) is 43.5 Å². The van der Waals surface area contributed by atoms with E-state index in [1.807, 2.05) is 0 Å². The molecule has 0 aromatic rings. The van der Waals surface area contributed by atoms with Crippen LogP contribution in [0.1, 0.15) is 354 Å². The molecule has 6 heteroatoms. The molecule has 0 saturated heterocycles. The molecule has 1 amide bonds. The number of carbonyl (C=O) groups is 2. The molecule has 0 aliphatic carbocycles. The highest BCUT2D eigenvalue weighted by atomic mass is 16.5. The van der Waals surface area contributed by atoms with Gasteiger partial charge in [-0.05, 0) is 77.0 Å². The number of hydrogen-bond donors (Lipinski definition) is 3. The van der Waals surface area contributed by atoms with Gasteiger partial charge in [-0.3, -0.25) is 9.59 Å². The standard InChI is InChI=1S/C65H125NO5/c1-3-5-7-9-11-13-15-17-19-26-31-35-39-43-47-51-55-59-65(70)71-60-56-52-48-44-40-36-32-28-25-23-21-22-24-27-30-34-38-42-46-50-54-58-64(69)66-62(61-67)63(68)57-53-49-45-41-37-33-29-20-18-16-14-12-10-8-6-4-2/h17,19,22,24,62-63,67-68H,3-16,18,20-21,23,25-61H2,1-2H3,(H,66,69)/b19-17-,24-22-. The van der Waals surface area contributed by atoms with E-state index in [1.54, 1.807) is 0 Å². The third-order valence-corrected chi connectivity index (χ3v) is 15.0. The monoisotopic (exact) mass is 1000 g/mol. The summed E-state index contributed by atoms with van der Waals surface area (Å²) in [5, 5.41) is 23.3. The number of aliphatic hydroxyl groups excluding tert-OH is 2. The Morgan fingerprint density at radius 1 is 0.380 bits per heavy atom.